The van der Waals surface area contributed by atoms with E-state index in [2.05, 4.69) is 10.6 Å². The Hall–Kier alpha value is -1.30. The van der Waals surface area contributed by atoms with Crippen molar-refractivity contribution >= 4 is 18.3 Å². The highest BCUT2D eigenvalue weighted by atomic mass is 35.5. The van der Waals surface area contributed by atoms with E-state index in [0.29, 0.717) is 25.7 Å². The fourth-order valence-corrected chi connectivity index (χ4v) is 3.31. The number of benzene rings is 1. The Kier molecular flexibility index (Phi) is 8.52. The van der Waals surface area contributed by atoms with E-state index in [1.54, 1.807) is 0 Å². The number of hydrogen-bond acceptors (Lipinski definition) is 4. The lowest BCUT2D eigenvalue weighted by Crippen LogP contribution is -2.44. The van der Waals surface area contributed by atoms with Crippen LogP contribution in [0.5, 0.6) is 5.75 Å². The van der Waals surface area contributed by atoms with Crippen molar-refractivity contribution in [2.75, 3.05) is 19.8 Å². The second-order valence-electron chi connectivity index (χ2n) is 6.73. The van der Waals surface area contributed by atoms with Crippen LogP contribution < -0.4 is 15.4 Å². The number of halogens is 1. The van der Waals surface area contributed by atoms with Gasteiger partial charge in [0.15, 0.2) is 0 Å². The van der Waals surface area contributed by atoms with Crippen molar-refractivity contribution in [3.05, 3.63) is 29.8 Å². The zero-order valence-electron chi connectivity index (χ0n) is 14.7. The summed E-state index contributed by atoms with van der Waals surface area (Å²) in [5, 5.41) is 6.26. The summed E-state index contributed by atoms with van der Waals surface area (Å²) in [6, 6.07) is 8.20. The highest BCUT2D eigenvalue weighted by Gasteiger charge is 2.17. The number of carbonyl (C=O) groups is 1. The molecule has 1 atom stereocenters. The van der Waals surface area contributed by atoms with Crippen molar-refractivity contribution in [1.29, 1.82) is 0 Å². The van der Waals surface area contributed by atoms with Gasteiger partial charge in [-0.1, -0.05) is 18.6 Å². The zero-order valence-corrected chi connectivity index (χ0v) is 15.5. The Morgan fingerprint density at radius 1 is 1.20 bits per heavy atom. The van der Waals surface area contributed by atoms with Gasteiger partial charge in [0.1, 0.15) is 5.75 Å². The van der Waals surface area contributed by atoms with Crippen LogP contribution in [-0.4, -0.2) is 37.8 Å². The molecule has 1 aromatic carbocycles. The van der Waals surface area contributed by atoms with Crippen LogP contribution in [-0.2, 0) is 16.1 Å². The van der Waals surface area contributed by atoms with Crippen LogP contribution >= 0.6 is 12.4 Å². The van der Waals surface area contributed by atoms with Crippen molar-refractivity contribution in [3.63, 3.8) is 0 Å². The van der Waals surface area contributed by atoms with E-state index in [1.165, 1.54) is 19.3 Å². The molecule has 1 amide bonds. The molecule has 1 aliphatic carbocycles. The fraction of sp³-hybridized carbons (Fsp3) is 0.632. The predicted octanol–water partition coefficient (Wildman–Crippen LogP) is 2.81. The van der Waals surface area contributed by atoms with Crippen LogP contribution in [0.1, 0.15) is 44.1 Å². The van der Waals surface area contributed by atoms with Gasteiger partial charge in [0.2, 0.25) is 5.91 Å². The maximum absolute atomic E-state index is 12.0. The van der Waals surface area contributed by atoms with Crippen molar-refractivity contribution in [2.24, 2.45) is 0 Å². The van der Waals surface area contributed by atoms with Gasteiger partial charge in [0.05, 0.1) is 19.3 Å². The van der Waals surface area contributed by atoms with Crippen molar-refractivity contribution in [2.45, 2.75) is 57.2 Å². The SMILES string of the molecule is Cl.O=C(CC1COCCN1)NCc1ccc(OC2CCCCC2)cc1. The Balaban J connectivity index is 0.00000225. The van der Waals surface area contributed by atoms with E-state index < -0.39 is 0 Å². The van der Waals surface area contributed by atoms with E-state index in [1.807, 2.05) is 24.3 Å². The van der Waals surface area contributed by atoms with Gasteiger partial charge in [-0.25, -0.2) is 0 Å². The first-order valence-corrected chi connectivity index (χ1v) is 9.13. The lowest BCUT2D eigenvalue weighted by Gasteiger charge is -2.23. The van der Waals surface area contributed by atoms with Crippen LogP contribution in [0.3, 0.4) is 0 Å². The van der Waals surface area contributed by atoms with Gasteiger partial charge in [-0.2, -0.15) is 0 Å². The molecule has 0 aromatic heterocycles. The smallest absolute Gasteiger partial charge is 0.221 e. The number of ether oxygens (including phenoxy) is 2. The van der Waals surface area contributed by atoms with Crippen molar-refractivity contribution in [1.82, 2.24) is 10.6 Å². The van der Waals surface area contributed by atoms with E-state index in [0.717, 1.165) is 37.3 Å². The Bertz CT molecular complexity index is 512. The average molecular weight is 369 g/mol. The van der Waals surface area contributed by atoms with Gasteiger partial charge >= 0.3 is 0 Å². The molecule has 0 radical (unpaired) electrons. The van der Waals surface area contributed by atoms with E-state index >= 15 is 0 Å². The summed E-state index contributed by atoms with van der Waals surface area (Å²) in [6.07, 6.45) is 7.04. The largest absolute Gasteiger partial charge is 0.490 e. The number of amides is 1. The summed E-state index contributed by atoms with van der Waals surface area (Å²) in [6.45, 7) is 2.71. The highest BCUT2D eigenvalue weighted by Crippen LogP contribution is 2.23. The van der Waals surface area contributed by atoms with Gasteiger partial charge in [-0.15, -0.1) is 12.4 Å². The molecule has 1 saturated carbocycles. The third-order valence-corrected chi connectivity index (χ3v) is 4.70. The molecule has 2 aliphatic rings. The molecule has 25 heavy (non-hydrogen) atoms. The lowest BCUT2D eigenvalue weighted by atomic mass is 9.98. The van der Waals surface area contributed by atoms with Crippen LogP contribution in [0.2, 0.25) is 0 Å². The molecule has 0 spiro atoms. The van der Waals surface area contributed by atoms with Gasteiger partial charge in [0, 0.05) is 25.6 Å². The second kappa shape index (κ2) is 10.6. The zero-order chi connectivity index (χ0) is 16.6. The lowest BCUT2D eigenvalue weighted by molar-refractivity contribution is -0.122. The Morgan fingerprint density at radius 2 is 1.96 bits per heavy atom. The number of carbonyl (C=O) groups excluding carboxylic acids is 1. The number of hydrogen-bond donors (Lipinski definition) is 2. The molecule has 1 aliphatic heterocycles. The molecule has 0 bridgehead atoms. The normalized spacial score (nSPS) is 21.2. The van der Waals surface area contributed by atoms with Crippen LogP contribution in [0.15, 0.2) is 24.3 Å². The number of nitrogens with one attached hydrogen (secondary N) is 2. The van der Waals surface area contributed by atoms with Crippen LogP contribution in [0.25, 0.3) is 0 Å². The van der Waals surface area contributed by atoms with E-state index in [9.17, 15) is 4.79 Å². The summed E-state index contributed by atoms with van der Waals surface area (Å²) in [5.74, 6) is 0.987. The Labute approximate surface area is 156 Å². The molecular weight excluding hydrogens is 340 g/mol. The van der Waals surface area contributed by atoms with E-state index in [4.69, 9.17) is 9.47 Å². The molecule has 1 unspecified atom stereocenters. The summed E-state index contributed by atoms with van der Waals surface area (Å²) >= 11 is 0. The maximum atomic E-state index is 12.0. The minimum atomic E-state index is 0. The first-order valence-electron chi connectivity index (χ1n) is 9.13. The monoisotopic (exact) mass is 368 g/mol. The van der Waals surface area contributed by atoms with Crippen molar-refractivity contribution < 1.29 is 14.3 Å². The minimum absolute atomic E-state index is 0. The third kappa shape index (κ3) is 6.84. The molecule has 1 aromatic rings. The standard InChI is InChI=1S/C19H28N2O3.ClH/c22-19(12-16-14-23-11-10-20-16)21-13-15-6-8-18(9-7-15)24-17-4-2-1-3-5-17;/h6-9,16-17,20H,1-5,10-14H2,(H,21,22);1H. The van der Waals surface area contributed by atoms with E-state index in [-0.39, 0.29) is 24.4 Å². The summed E-state index contributed by atoms with van der Waals surface area (Å²) in [7, 11) is 0. The summed E-state index contributed by atoms with van der Waals surface area (Å²) in [5.41, 5.74) is 1.09. The van der Waals surface area contributed by atoms with Crippen LogP contribution in [0, 0.1) is 0 Å². The molecule has 3 rings (SSSR count). The first-order chi connectivity index (χ1) is 11.8. The van der Waals surface area contributed by atoms with Gasteiger partial charge in [0.25, 0.3) is 0 Å². The average Bonchev–Trinajstić information content (AvgIpc) is 2.63. The quantitative estimate of drug-likeness (QED) is 0.810. The molecule has 1 saturated heterocycles. The Morgan fingerprint density at radius 3 is 2.64 bits per heavy atom. The molecule has 5 nitrogen and oxygen atoms in total. The van der Waals surface area contributed by atoms with Gasteiger partial charge < -0.3 is 20.1 Å². The predicted molar refractivity (Wildman–Crippen MR) is 100 cm³/mol. The first kappa shape index (κ1) is 20.0. The highest BCUT2D eigenvalue weighted by molar-refractivity contribution is 5.85. The van der Waals surface area contributed by atoms with Crippen molar-refractivity contribution in [3.8, 4) is 5.75 Å². The molecule has 6 heteroatoms. The number of morpholine rings is 1. The van der Waals surface area contributed by atoms with Gasteiger partial charge in [-0.3, -0.25) is 4.79 Å². The molecule has 1 heterocycles. The topological polar surface area (TPSA) is 59.6 Å². The summed E-state index contributed by atoms with van der Waals surface area (Å²) in [4.78, 5) is 12.0. The maximum Gasteiger partial charge on any atom is 0.221 e. The van der Waals surface area contributed by atoms with Crippen LogP contribution in [0.4, 0.5) is 0 Å². The molecule has 2 N–H and O–H groups in total. The molecule has 140 valence electrons. The minimum Gasteiger partial charge on any atom is -0.490 e. The number of rotatable bonds is 6. The second-order valence-corrected chi connectivity index (χ2v) is 6.73. The van der Waals surface area contributed by atoms with Gasteiger partial charge in [-0.05, 0) is 43.4 Å². The summed E-state index contributed by atoms with van der Waals surface area (Å²) < 4.78 is 11.4. The fourth-order valence-electron chi connectivity index (χ4n) is 3.31. The third-order valence-electron chi connectivity index (χ3n) is 4.70. The molecule has 2 fully saturated rings. The molecular formula is C19H29ClN2O3.